The first-order chi connectivity index (χ1) is 13.7. The Hall–Kier alpha value is -2.61. The summed E-state index contributed by atoms with van der Waals surface area (Å²) in [5.74, 6) is 0.712. The Kier molecular flexibility index (Phi) is 4.43. The monoisotopic (exact) mass is 395 g/mol. The van der Waals surface area contributed by atoms with Gasteiger partial charge in [-0.05, 0) is 25.0 Å². The van der Waals surface area contributed by atoms with Gasteiger partial charge in [0.1, 0.15) is 5.39 Å². The molecule has 0 unspecified atom stereocenters. The van der Waals surface area contributed by atoms with Crippen LogP contribution in [0, 0.1) is 0 Å². The maximum Gasteiger partial charge on any atom is 0.265 e. The van der Waals surface area contributed by atoms with E-state index < -0.39 is 0 Å². The van der Waals surface area contributed by atoms with Gasteiger partial charge in [-0.15, -0.1) is 0 Å². The number of hydrogen-bond acceptors (Lipinski definition) is 5. The molecule has 1 amide bonds. The van der Waals surface area contributed by atoms with Crippen molar-refractivity contribution >= 4 is 28.7 Å². The van der Waals surface area contributed by atoms with E-state index in [1.165, 1.54) is 24.6 Å². The molecule has 7 nitrogen and oxygen atoms in total. The number of carbonyl (C=O) groups is 1. The third kappa shape index (κ3) is 3.01. The van der Waals surface area contributed by atoms with Crippen molar-refractivity contribution in [1.82, 2.24) is 24.6 Å². The molecule has 1 N–H and O–H groups in total. The summed E-state index contributed by atoms with van der Waals surface area (Å²) in [6, 6.07) is 9.79. The summed E-state index contributed by atoms with van der Waals surface area (Å²) in [4.78, 5) is 30.3. The van der Waals surface area contributed by atoms with Gasteiger partial charge < -0.3 is 5.32 Å². The van der Waals surface area contributed by atoms with Gasteiger partial charge in [0.2, 0.25) is 5.91 Å². The number of nitrogens with one attached hydrogen (secondary N) is 1. The molecule has 1 saturated carbocycles. The molecular formula is C20H21N5O2S. The Morgan fingerprint density at radius 3 is 2.79 bits per heavy atom. The third-order valence-electron chi connectivity index (χ3n) is 5.51. The predicted octanol–water partition coefficient (Wildman–Crippen LogP) is 2.68. The molecule has 1 aliphatic heterocycles. The minimum atomic E-state index is -0.161. The summed E-state index contributed by atoms with van der Waals surface area (Å²) in [6.07, 6.45) is 6.37. The molecule has 2 aliphatic rings. The molecular weight excluding hydrogens is 374 g/mol. The number of nitrogens with zero attached hydrogens (tertiary/aromatic N) is 4. The van der Waals surface area contributed by atoms with Gasteiger partial charge in [-0.2, -0.15) is 5.10 Å². The Bertz CT molecular complexity index is 1090. The molecule has 8 heteroatoms. The summed E-state index contributed by atoms with van der Waals surface area (Å²) < 4.78 is 3.37. The van der Waals surface area contributed by atoms with Gasteiger partial charge in [-0.1, -0.05) is 42.8 Å². The van der Waals surface area contributed by atoms with Crippen LogP contribution in [0.4, 0.5) is 0 Å². The maximum absolute atomic E-state index is 13.1. The van der Waals surface area contributed by atoms with Gasteiger partial charge >= 0.3 is 0 Å². The summed E-state index contributed by atoms with van der Waals surface area (Å²) in [5, 5.41) is 8.64. The lowest BCUT2D eigenvalue weighted by molar-refractivity contribution is -0.122. The van der Waals surface area contributed by atoms with Crippen LogP contribution in [-0.4, -0.2) is 37.0 Å². The number of para-hydroxylation sites is 1. The summed E-state index contributed by atoms with van der Waals surface area (Å²) in [5.41, 5.74) is 1.31. The van der Waals surface area contributed by atoms with Crippen LogP contribution in [0.3, 0.4) is 0 Å². The molecule has 3 heterocycles. The zero-order chi connectivity index (χ0) is 19.1. The van der Waals surface area contributed by atoms with Crippen LogP contribution in [0.15, 0.2) is 46.5 Å². The van der Waals surface area contributed by atoms with E-state index in [1.807, 2.05) is 30.3 Å². The maximum atomic E-state index is 13.1. The summed E-state index contributed by atoms with van der Waals surface area (Å²) >= 11 is 1.53. The number of thioether (sulfide) groups is 1. The fourth-order valence-electron chi connectivity index (χ4n) is 4.11. The molecule has 0 bridgehead atoms. The second-order valence-electron chi connectivity index (χ2n) is 7.42. The minimum absolute atomic E-state index is 0.0253. The number of fused-ring (bicyclic) bond motifs is 2. The standard InChI is InChI=1S/C20H21N5O2S/c26-17(22-13-6-4-5-7-13)10-15-12-28-20-23-18-16(19(27)24(15)20)11-21-25(18)14-8-2-1-3-9-14/h1-3,8-9,11,13,15H,4-7,10,12H2,(H,22,26)/t15-/m0/s1. The Labute approximate surface area is 166 Å². The minimum Gasteiger partial charge on any atom is -0.353 e. The average Bonchev–Trinajstić information content (AvgIpc) is 3.43. The highest BCUT2D eigenvalue weighted by molar-refractivity contribution is 7.99. The van der Waals surface area contributed by atoms with E-state index in [1.54, 1.807) is 15.4 Å². The summed E-state index contributed by atoms with van der Waals surface area (Å²) in [6.45, 7) is 0. The lowest BCUT2D eigenvalue weighted by Gasteiger charge is -2.16. The molecule has 5 rings (SSSR count). The molecule has 1 aliphatic carbocycles. The number of carbonyl (C=O) groups excluding carboxylic acids is 1. The van der Waals surface area contributed by atoms with Crippen molar-refractivity contribution in [2.45, 2.75) is 49.3 Å². The van der Waals surface area contributed by atoms with Crippen LogP contribution in [0.1, 0.15) is 38.1 Å². The topological polar surface area (TPSA) is 81.8 Å². The Morgan fingerprint density at radius 2 is 2.00 bits per heavy atom. The lowest BCUT2D eigenvalue weighted by atomic mass is 10.2. The number of hydrogen-bond donors (Lipinski definition) is 1. The third-order valence-corrected chi connectivity index (χ3v) is 6.61. The van der Waals surface area contributed by atoms with Crippen molar-refractivity contribution in [3.8, 4) is 5.69 Å². The number of aromatic nitrogens is 4. The quantitative estimate of drug-likeness (QED) is 0.687. The van der Waals surface area contributed by atoms with Gasteiger partial charge in [0.15, 0.2) is 10.8 Å². The molecule has 144 valence electrons. The van der Waals surface area contributed by atoms with Crippen molar-refractivity contribution in [3.63, 3.8) is 0 Å². The largest absolute Gasteiger partial charge is 0.353 e. The van der Waals surface area contributed by atoms with E-state index in [0.717, 1.165) is 18.5 Å². The van der Waals surface area contributed by atoms with E-state index in [-0.39, 0.29) is 17.5 Å². The zero-order valence-corrected chi connectivity index (χ0v) is 16.2. The van der Waals surface area contributed by atoms with E-state index in [4.69, 9.17) is 4.98 Å². The highest BCUT2D eigenvalue weighted by Gasteiger charge is 2.30. The second kappa shape index (κ2) is 7.09. The second-order valence-corrected chi connectivity index (χ2v) is 8.40. The SMILES string of the molecule is O=C(C[C@H]1CSc2nc3c(cnn3-c3ccccc3)c(=O)n21)NC1CCCC1. The smallest absolute Gasteiger partial charge is 0.265 e. The molecule has 3 aromatic rings. The van der Waals surface area contributed by atoms with Crippen LogP contribution in [-0.2, 0) is 4.79 Å². The normalized spacial score (nSPS) is 19.2. The lowest BCUT2D eigenvalue weighted by Crippen LogP contribution is -2.35. The fourth-order valence-corrected chi connectivity index (χ4v) is 5.24. The highest BCUT2D eigenvalue weighted by atomic mass is 32.2. The van der Waals surface area contributed by atoms with Crippen LogP contribution < -0.4 is 10.9 Å². The molecule has 2 aromatic heterocycles. The van der Waals surface area contributed by atoms with Crippen molar-refractivity contribution in [2.24, 2.45) is 0 Å². The van der Waals surface area contributed by atoms with Gasteiger partial charge in [0.25, 0.3) is 5.56 Å². The first-order valence-electron chi connectivity index (χ1n) is 9.68. The number of rotatable bonds is 4. The van der Waals surface area contributed by atoms with E-state index in [2.05, 4.69) is 10.4 Å². The first kappa shape index (κ1) is 17.5. The van der Waals surface area contributed by atoms with E-state index in [0.29, 0.717) is 34.4 Å². The van der Waals surface area contributed by atoms with Gasteiger partial charge in [0.05, 0.1) is 17.9 Å². The van der Waals surface area contributed by atoms with Crippen molar-refractivity contribution in [2.75, 3.05) is 5.75 Å². The van der Waals surface area contributed by atoms with Crippen LogP contribution in [0.5, 0.6) is 0 Å². The Morgan fingerprint density at radius 1 is 1.21 bits per heavy atom. The molecule has 1 fully saturated rings. The highest BCUT2D eigenvalue weighted by Crippen LogP contribution is 2.33. The zero-order valence-electron chi connectivity index (χ0n) is 15.4. The molecule has 28 heavy (non-hydrogen) atoms. The molecule has 1 atom stereocenters. The molecule has 1 aromatic carbocycles. The number of amides is 1. The van der Waals surface area contributed by atoms with Crippen LogP contribution in [0.2, 0.25) is 0 Å². The first-order valence-corrected chi connectivity index (χ1v) is 10.7. The number of benzene rings is 1. The predicted molar refractivity (Wildman–Crippen MR) is 108 cm³/mol. The molecule has 0 radical (unpaired) electrons. The molecule has 0 saturated heterocycles. The Balaban J connectivity index is 1.45. The van der Waals surface area contributed by atoms with Crippen LogP contribution in [0.25, 0.3) is 16.7 Å². The van der Waals surface area contributed by atoms with Crippen molar-refractivity contribution < 1.29 is 4.79 Å². The fraction of sp³-hybridized carbons (Fsp3) is 0.400. The van der Waals surface area contributed by atoms with E-state index in [9.17, 15) is 9.59 Å². The van der Waals surface area contributed by atoms with Gasteiger partial charge in [0, 0.05) is 18.2 Å². The van der Waals surface area contributed by atoms with Gasteiger partial charge in [-0.3, -0.25) is 14.2 Å². The van der Waals surface area contributed by atoms with Crippen molar-refractivity contribution in [3.05, 3.63) is 46.9 Å². The van der Waals surface area contributed by atoms with Crippen molar-refractivity contribution in [1.29, 1.82) is 0 Å². The molecule has 0 spiro atoms. The van der Waals surface area contributed by atoms with E-state index >= 15 is 0 Å². The average molecular weight is 395 g/mol. The summed E-state index contributed by atoms with van der Waals surface area (Å²) in [7, 11) is 0. The van der Waals surface area contributed by atoms with Crippen LogP contribution >= 0.6 is 11.8 Å². The van der Waals surface area contributed by atoms with Gasteiger partial charge in [-0.25, -0.2) is 9.67 Å².